The quantitative estimate of drug-likeness (QED) is 0.227. The van der Waals surface area contributed by atoms with Crippen LogP contribution in [0.1, 0.15) is 53.4 Å². The molecule has 0 aliphatic carbocycles. The third kappa shape index (κ3) is 10.7. The number of carbonyl (C=O) groups is 2. The predicted octanol–water partition coefficient (Wildman–Crippen LogP) is 3.16. The average Bonchev–Trinajstić information content (AvgIpc) is 2.57. The molecule has 0 aromatic rings. The standard InChI is InChI=1S/C19H32N2O6/c1-14-25-13-15(10-8-6-7-9-11-17(22)24-5)16(26-14)12-20-21-18(23)27-19(2,3)4/h6,8,12,14-16H,7,9-11,13H2,1-5H3,(H,21,23)/b8-6-,20-12?/t14-,15+,16+/m1/s1. The number of unbranched alkanes of at least 4 members (excludes halogenated alkanes) is 1. The van der Waals surface area contributed by atoms with Gasteiger partial charge >= 0.3 is 12.1 Å². The van der Waals surface area contributed by atoms with E-state index in [1.165, 1.54) is 7.11 Å². The highest BCUT2D eigenvalue weighted by Crippen LogP contribution is 2.21. The van der Waals surface area contributed by atoms with Crippen LogP contribution >= 0.6 is 0 Å². The first-order valence-corrected chi connectivity index (χ1v) is 9.22. The van der Waals surface area contributed by atoms with Gasteiger partial charge in [-0.2, -0.15) is 5.10 Å². The number of ether oxygens (including phenoxy) is 4. The van der Waals surface area contributed by atoms with Gasteiger partial charge in [0.15, 0.2) is 6.29 Å². The fourth-order valence-electron chi connectivity index (χ4n) is 2.40. The molecule has 154 valence electrons. The summed E-state index contributed by atoms with van der Waals surface area (Å²) in [6.07, 6.45) is 7.15. The third-order valence-corrected chi connectivity index (χ3v) is 3.72. The molecule has 1 N–H and O–H groups in total. The van der Waals surface area contributed by atoms with Gasteiger partial charge in [0.1, 0.15) is 11.7 Å². The Kier molecular flexibility index (Phi) is 10.0. The highest BCUT2D eigenvalue weighted by atomic mass is 16.7. The Morgan fingerprint density at radius 3 is 2.70 bits per heavy atom. The summed E-state index contributed by atoms with van der Waals surface area (Å²) in [5, 5.41) is 3.94. The van der Waals surface area contributed by atoms with E-state index >= 15 is 0 Å². The molecule has 0 aromatic heterocycles. The second-order valence-electron chi connectivity index (χ2n) is 7.33. The Morgan fingerprint density at radius 2 is 2.04 bits per heavy atom. The van der Waals surface area contributed by atoms with E-state index in [9.17, 15) is 9.59 Å². The van der Waals surface area contributed by atoms with Gasteiger partial charge in [-0.1, -0.05) is 12.2 Å². The van der Waals surface area contributed by atoms with Crippen LogP contribution in [0.2, 0.25) is 0 Å². The Hall–Kier alpha value is -1.93. The van der Waals surface area contributed by atoms with Crippen molar-refractivity contribution in [2.75, 3.05) is 13.7 Å². The average molecular weight is 384 g/mol. The summed E-state index contributed by atoms with van der Waals surface area (Å²) in [5.74, 6) is -0.109. The summed E-state index contributed by atoms with van der Waals surface area (Å²) >= 11 is 0. The van der Waals surface area contributed by atoms with Gasteiger partial charge in [0.25, 0.3) is 0 Å². The molecule has 0 bridgehead atoms. The molecule has 8 nitrogen and oxygen atoms in total. The van der Waals surface area contributed by atoms with Gasteiger partial charge in [0.05, 0.1) is 19.9 Å². The first kappa shape index (κ1) is 23.1. The lowest BCUT2D eigenvalue weighted by molar-refractivity contribution is -0.206. The maximum Gasteiger partial charge on any atom is 0.428 e. The lowest BCUT2D eigenvalue weighted by Crippen LogP contribution is -2.40. The Morgan fingerprint density at radius 1 is 1.30 bits per heavy atom. The lowest BCUT2D eigenvalue weighted by Gasteiger charge is -2.32. The molecule has 1 aliphatic heterocycles. The van der Waals surface area contributed by atoms with Crippen LogP contribution in [0, 0.1) is 5.92 Å². The molecule has 0 radical (unpaired) electrons. The summed E-state index contributed by atoms with van der Waals surface area (Å²) in [4.78, 5) is 22.7. The number of hydrogen-bond acceptors (Lipinski definition) is 7. The monoisotopic (exact) mass is 384 g/mol. The number of hydrogen-bond donors (Lipinski definition) is 1. The Labute approximate surface area is 161 Å². The van der Waals surface area contributed by atoms with Crippen LogP contribution < -0.4 is 5.43 Å². The van der Waals surface area contributed by atoms with E-state index in [2.05, 4.69) is 15.3 Å². The van der Waals surface area contributed by atoms with Crippen molar-refractivity contribution in [3.63, 3.8) is 0 Å². The largest absolute Gasteiger partial charge is 0.469 e. The molecule has 1 amide bonds. The van der Waals surface area contributed by atoms with E-state index in [-0.39, 0.29) is 24.3 Å². The van der Waals surface area contributed by atoms with Crippen LogP contribution in [0.3, 0.4) is 0 Å². The number of nitrogens with one attached hydrogen (secondary N) is 1. The van der Waals surface area contributed by atoms with Crippen LogP contribution in [0.15, 0.2) is 17.3 Å². The molecule has 1 heterocycles. The van der Waals surface area contributed by atoms with Crippen molar-refractivity contribution in [2.45, 2.75) is 71.4 Å². The van der Waals surface area contributed by atoms with Crippen molar-refractivity contribution >= 4 is 18.3 Å². The minimum absolute atomic E-state index is 0.0854. The zero-order valence-corrected chi connectivity index (χ0v) is 16.9. The molecule has 0 unspecified atom stereocenters. The summed E-state index contributed by atoms with van der Waals surface area (Å²) in [6.45, 7) is 7.71. The molecule has 27 heavy (non-hydrogen) atoms. The molecule has 1 fully saturated rings. The van der Waals surface area contributed by atoms with Crippen molar-refractivity contribution in [3.8, 4) is 0 Å². The molecule has 1 saturated heterocycles. The minimum atomic E-state index is -0.610. The van der Waals surface area contributed by atoms with E-state index in [0.717, 1.165) is 19.3 Å². The summed E-state index contributed by atoms with van der Waals surface area (Å²) < 4.78 is 21.0. The van der Waals surface area contributed by atoms with Gasteiger partial charge in [-0.15, -0.1) is 0 Å². The predicted molar refractivity (Wildman–Crippen MR) is 101 cm³/mol. The highest BCUT2D eigenvalue weighted by Gasteiger charge is 2.28. The molecule has 3 atom stereocenters. The van der Waals surface area contributed by atoms with E-state index in [0.29, 0.717) is 13.0 Å². The number of nitrogens with zero attached hydrogens (tertiary/aromatic N) is 1. The molecule has 0 saturated carbocycles. The van der Waals surface area contributed by atoms with E-state index in [1.807, 2.05) is 19.1 Å². The maximum atomic E-state index is 11.6. The van der Waals surface area contributed by atoms with Gasteiger partial charge < -0.3 is 18.9 Å². The van der Waals surface area contributed by atoms with Gasteiger partial charge in [-0.3, -0.25) is 4.79 Å². The first-order valence-electron chi connectivity index (χ1n) is 9.22. The Bertz CT molecular complexity index is 527. The smallest absolute Gasteiger partial charge is 0.428 e. The van der Waals surface area contributed by atoms with Crippen LogP contribution in [0.5, 0.6) is 0 Å². The van der Waals surface area contributed by atoms with Crippen molar-refractivity contribution in [3.05, 3.63) is 12.2 Å². The normalized spacial score (nSPS) is 23.5. The van der Waals surface area contributed by atoms with Crippen LogP contribution in [-0.4, -0.2) is 50.0 Å². The van der Waals surface area contributed by atoms with Crippen molar-refractivity contribution < 1.29 is 28.5 Å². The number of carbonyl (C=O) groups excluding carboxylic acids is 2. The third-order valence-electron chi connectivity index (χ3n) is 3.72. The summed E-state index contributed by atoms with van der Waals surface area (Å²) in [7, 11) is 1.39. The fourth-order valence-corrected chi connectivity index (χ4v) is 2.40. The molecule has 1 rings (SSSR count). The van der Waals surface area contributed by atoms with Gasteiger partial charge in [-0.05, 0) is 47.0 Å². The SMILES string of the molecule is COC(=O)CCC/C=C\C[C@H]1CO[C@@H](C)O[C@H]1C=NNC(=O)OC(C)(C)C. The molecule has 8 heteroatoms. The molecular formula is C19H32N2O6. The number of allylic oxidation sites excluding steroid dienone is 2. The topological polar surface area (TPSA) is 95.5 Å². The maximum absolute atomic E-state index is 11.6. The zero-order chi connectivity index (χ0) is 20.3. The number of methoxy groups -OCH3 is 1. The van der Waals surface area contributed by atoms with E-state index in [1.54, 1.807) is 27.0 Å². The second-order valence-corrected chi connectivity index (χ2v) is 7.33. The molecular weight excluding hydrogens is 352 g/mol. The van der Waals surface area contributed by atoms with Crippen LogP contribution in [0.25, 0.3) is 0 Å². The minimum Gasteiger partial charge on any atom is -0.469 e. The van der Waals surface area contributed by atoms with Gasteiger partial charge in [0.2, 0.25) is 0 Å². The number of esters is 1. The number of rotatable bonds is 8. The number of amides is 1. The molecule has 1 aliphatic rings. The van der Waals surface area contributed by atoms with Crippen molar-refractivity contribution in [1.29, 1.82) is 0 Å². The van der Waals surface area contributed by atoms with E-state index < -0.39 is 11.7 Å². The number of hydrazone groups is 1. The highest BCUT2D eigenvalue weighted by molar-refractivity contribution is 5.71. The van der Waals surface area contributed by atoms with Gasteiger partial charge in [0, 0.05) is 12.3 Å². The second kappa shape index (κ2) is 11.7. The van der Waals surface area contributed by atoms with Crippen LogP contribution in [-0.2, 0) is 23.7 Å². The van der Waals surface area contributed by atoms with Crippen LogP contribution in [0.4, 0.5) is 4.79 Å². The zero-order valence-electron chi connectivity index (χ0n) is 16.9. The van der Waals surface area contributed by atoms with Gasteiger partial charge in [-0.25, -0.2) is 10.2 Å². The van der Waals surface area contributed by atoms with E-state index in [4.69, 9.17) is 14.2 Å². The fraction of sp³-hybridized carbons (Fsp3) is 0.737. The summed E-state index contributed by atoms with van der Waals surface area (Å²) in [5.41, 5.74) is 1.77. The van der Waals surface area contributed by atoms with Crippen molar-refractivity contribution in [1.82, 2.24) is 5.43 Å². The first-order chi connectivity index (χ1) is 12.7. The Balaban J connectivity index is 2.44. The summed E-state index contributed by atoms with van der Waals surface area (Å²) in [6, 6.07) is 0. The molecule has 0 aromatic carbocycles. The lowest BCUT2D eigenvalue weighted by atomic mass is 9.98. The van der Waals surface area contributed by atoms with Crippen molar-refractivity contribution in [2.24, 2.45) is 11.0 Å². The molecule has 0 spiro atoms.